The summed E-state index contributed by atoms with van der Waals surface area (Å²) < 4.78 is 17.0. The van der Waals surface area contributed by atoms with Crippen LogP contribution in [0.4, 0.5) is 5.69 Å². The van der Waals surface area contributed by atoms with E-state index in [9.17, 15) is 14.7 Å². The Balaban J connectivity index is 1.57. The molecule has 0 radical (unpaired) electrons. The molecule has 7 nitrogen and oxygen atoms in total. The zero-order valence-corrected chi connectivity index (χ0v) is 20.5. The number of halogens is 1. The van der Waals surface area contributed by atoms with Gasteiger partial charge in [0.1, 0.15) is 34.8 Å². The zero-order valence-electron chi connectivity index (χ0n) is 19.8. The Kier molecular flexibility index (Phi) is 6.70. The average molecular weight is 516 g/mol. The summed E-state index contributed by atoms with van der Waals surface area (Å²) >= 11 is 6.37. The molecule has 1 N–H and O–H groups in total. The molecular formula is C29H22ClNO6. The van der Waals surface area contributed by atoms with E-state index in [1.165, 1.54) is 17.2 Å². The molecule has 186 valence electrons. The number of hydrogen-bond acceptors (Lipinski definition) is 6. The van der Waals surface area contributed by atoms with Gasteiger partial charge in [0.25, 0.3) is 11.7 Å². The Bertz CT molecular complexity index is 1460. The molecule has 1 saturated heterocycles. The molecule has 1 aliphatic rings. The number of rotatable bonds is 7. The summed E-state index contributed by atoms with van der Waals surface area (Å²) in [5.74, 6) is -0.0947. The summed E-state index contributed by atoms with van der Waals surface area (Å²) in [6.07, 6.45) is 1.44. The number of carbonyl (C=O) groups is 2. The van der Waals surface area contributed by atoms with E-state index in [0.717, 1.165) is 0 Å². The number of ether oxygens (including phenoxy) is 2. The van der Waals surface area contributed by atoms with Gasteiger partial charge in [-0.25, -0.2) is 0 Å². The highest BCUT2D eigenvalue weighted by Crippen LogP contribution is 2.43. The topological polar surface area (TPSA) is 89.2 Å². The third-order valence-corrected chi connectivity index (χ3v) is 6.18. The van der Waals surface area contributed by atoms with E-state index in [1.54, 1.807) is 48.5 Å². The van der Waals surface area contributed by atoms with Crippen LogP contribution in [0.3, 0.4) is 0 Å². The summed E-state index contributed by atoms with van der Waals surface area (Å²) in [4.78, 5) is 27.9. The molecule has 1 aliphatic heterocycles. The molecule has 0 aliphatic carbocycles. The van der Waals surface area contributed by atoms with Gasteiger partial charge in [0.15, 0.2) is 0 Å². The van der Waals surface area contributed by atoms with Crippen molar-refractivity contribution in [2.24, 2.45) is 0 Å². The normalized spacial score (nSPS) is 16.7. The number of aliphatic hydroxyl groups is 1. The van der Waals surface area contributed by atoms with Gasteiger partial charge in [0.05, 0.1) is 23.5 Å². The van der Waals surface area contributed by atoms with Crippen molar-refractivity contribution in [1.29, 1.82) is 0 Å². The number of aliphatic hydroxyl groups excluding tert-OH is 1. The molecular weight excluding hydrogens is 494 g/mol. The largest absolute Gasteiger partial charge is 0.507 e. The van der Waals surface area contributed by atoms with Crippen LogP contribution < -0.4 is 14.4 Å². The lowest BCUT2D eigenvalue weighted by Gasteiger charge is -2.23. The predicted molar refractivity (Wildman–Crippen MR) is 139 cm³/mol. The maximum Gasteiger partial charge on any atom is 0.300 e. The Hall–Kier alpha value is -4.49. The number of Topliss-reactive ketones (excluding diaryl/α,β-unsaturated/α-hetero) is 1. The second kappa shape index (κ2) is 10.2. The van der Waals surface area contributed by atoms with Gasteiger partial charge in [-0.05, 0) is 73.7 Å². The average Bonchev–Trinajstić information content (AvgIpc) is 3.53. The van der Waals surface area contributed by atoms with Gasteiger partial charge in [-0.3, -0.25) is 14.5 Å². The van der Waals surface area contributed by atoms with Crippen LogP contribution in [0.5, 0.6) is 17.2 Å². The number of benzene rings is 3. The lowest BCUT2D eigenvalue weighted by Crippen LogP contribution is -2.29. The Labute approximate surface area is 218 Å². The van der Waals surface area contributed by atoms with Gasteiger partial charge in [-0.1, -0.05) is 29.8 Å². The van der Waals surface area contributed by atoms with Crippen LogP contribution in [0.15, 0.2) is 101 Å². The molecule has 4 aromatic rings. The molecule has 8 heteroatoms. The second-order valence-corrected chi connectivity index (χ2v) is 8.58. The number of amides is 1. The van der Waals surface area contributed by atoms with E-state index in [0.29, 0.717) is 35.3 Å². The number of ketones is 1. The van der Waals surface area contributed by atoms with Gasteiger partial charge < -0.3 is 19.0 Å². The molecule has 37 heavy (non-hydrogen) atoms. The quantitative estimate of drug-likeness (QED) is 0.166. The number of hydrogen-bond donors (Lipinski definition) is 1. The van der Waals surface area contributed by atoms with Crippen molar-refractivity contribution in [3.05, 3.63) is 113 Å². The van der Waals surface area contributed by atoms with E-state index in [4.69, 9.17) is 25.5 Å². The molecule has 1 aromatic heterocycles. The number of nitrogens with zero attached hydrogens (tertiary/aromatic N) is 1. The maximum absolute atomic E-state index is 13.3. The van der Waals surface area contributed by atoms with Gasteiger partial charge in [0, 0.05) is 11.3 Å². The maximum atomic E-state index is 13.3. The van der Waals surface area contributed by atoms with Crippen LogP contribution in [0, 0.1) is 0 Å². The van der Waals surface area contributed by atoms with Crippen molar-refractivity contribution in [2.45, 2.75) is 13.0 Å². The number of furan rings is 1. The summed E-state index contributed by atoms with van der Waals surface area (Å²) in [7, 11) is 0. The van der Waals surface area contributed by atoms with Crippen molar-refractivity contribution in [3.8, 4) is 17.2 Å². The Morgan fingerprint density at radius 3 is 2.32 bits per heavy atom. The van der Waals surface area contributed by atoms with E-state index in [-0.39, 0.29) is 16.2 Å². The van der Waals surface area contributed by atoms with Crippen LogP contribution in [-0.4, -0.2) is 23.4 Å². The van der Waals surface area contributed by atoms with Gasteiger partial charge >= 0.3 is 0 Å². The fraction of sp³-hybridized carbons (Fsp3) is 0.103. The minimum Gasteiger partial charge on any atom is -0.507 e. The third-order valence-electron chi connectivity index (χ3n) is 5.85. The van der Waals surface area contributed by atoms with Crippen molar-refractivity contribution < 1.29 is 28.6 Å². The number of anilines is 1. The first kappa shape index (κ1) is 24.2. The molecule has 0 spiro atoms. The van der Waals surface area contributed by atoms with Gasteiger partial charge in [-0.15, -0.1) is 0 Å². The molecule has 1 atom stereocenters. The number of para-hydroxylation sites is 1. The summed E-state index contributed by atoms with van der Waals surface area (Å²) in [5, 5.41) is 11.5. The van der Waals surface area contributed by atoms with Gasteiger partial charge in [-0.2, -0.15) is 0 Å². The van der Waals surface area contributed by atoms with E-state index >= 15 is 0 Å². The minimum absolute atomic E-state index is 0.139. The molecule has 5 rings (SSSR count). The summed E-state index contributed by atoms with van der Waals surface area (Å²) in [5.41, 5.74) is 0.464. The van der Waals surface area contributed by atoms with Crippen molar-refractivity contribution in [2.75, 3.05) is 11.5 Å². The molecule has 0 bridgehead atoms. The van der Waals surface area contributed by atoms with Crippen LogP contribution in [0.2, 0.25) is 5.02 Å². The van der Waals surface area contributed by atoms with E-state index < -0.39 is 23.5 Å². The first-order valence-electron chi connectivity index (χ1n) is 11.6. The Morgan fingerprint density at radius 1 is 0.946 bits per heavy atom. The molecule has 3 aromatic carbocycles. The van der Waals surface area contributed by atoms with Crippen molar-refractivity contribution >= 4 is 34.7 Å². The van der Waals surface area contributed by atoms with Crippen molar-refractivity contribution in [1.82, 2.24) is 0 Å². The van der Waals surface area contributed by atoms with E-state index in [1.807, 2.05) is 37.3 Å². The summed E-state index contributed by atoms with van der Waals surface area (Å²) in [6.45, 7) is 2.23. The monoisotopic (exact) mass is 515 g/mol. The molecule has 1 unspecified atom stereocenters. The van der Waals surface area contributed by atoms with Crippen molar-refractivity contribution in [3.63, 3.8) is 0 Å². The lowest BCUT2D eigenvalue weighted by atomic mass is 9.99. The highest BCUT2D eigenvalue weighted by molar-refractivity contribution is 6.52. The van der Waals surface area contributed by atoms with Crippen LogP contribution in [0.1, 0.15) is 24.3 Å². The zero-order chi connectivity index (χ0) is 25.9. The van der Waals surface area contributed by atoms with Gasteiger partial charge in [0.2, 0.25) is 0 Å². The summed E-state index contributed by atoms with van der Waals surface area (Å²) in [6, 6.07) is 23.0. The molecule has 0 saturated carbocycles. The first-order valence-corrected chi connectivity index (χ1v) is 12.0. The van der Waals surface area contributed by atoms with Crippen LogP contribution in [0.25, 0.3) is 5.76 Å². The lowest BCUT2D eigenvalue weighted by molar-refractivity contribution is -0.132. The smallest absolute Gasteiger partial charge is 0.300 e. The van der Waals surface area contributed by atoms with Crippen LogP contribution in [-0.2, 0) is 9.59 Å². The standard InChI is InChI=1S/C29H22ClNO6/c1-2-35-21-14-15-23(30)22(17-21)27(32)25-26(24-9-6-16-36-24)31(29(34)28(25)33)18-10-12-20(13-11-18)37-19-7-4-3-5-8-19/h3-17,26,32H,2H2,1H3/b27-25-. The van der Waals surface area contributed by atoms with Crippen LogP contribution >= 0.6 is 11.6 Å². The highest BCUT2D eigenvalue weighted by Gasteiger charge is 2.48. The second-order valence-electron chi connectivity index (χ2n) is 8.17. The molecule has 2 heterocycles. The minimum atomic E-state index is -1.01. The number of carbonyl (C=O) groups excluding carboxylic acids is 2. The fourth-order valence-electron chi connectivity index (χ4n) is 4.20. The highest BCUT2D eigenvalue weighted by atomic mass is 35.5. The first-order chi connectivity index (χ1) is 18.0. The SMILES string of the molecule is CCOc1ccc(Cl)c(/C(O)=C2/C(=O)C(=O)N(c3ccc(Oc4ccccc4)cc3)C2c2ccco2)c1. The molecule has 1 fully saturated rings. The molecule has 1 amide bonds. The Morgan fingerprint density at radius 2 is 1.65 bits per heavy atom. The fourth-order valence-corrected chi connectivity index (χ4v) is 4.41. The van der Waals surface area contributed by atoms with E-state index in [2.05, 4.69) is 0 Å². The predicted octanol–water partition coefficient (Wildman–Crippen LogP) is 6.75. The third kappa shape index (κ3) is 4.69.